The summed E-state index contributed by atoms with van der Waals surface area (Å²) in [7, 11) is 0. The van der Waals surface area contributed by atoms with Gasteiger partial charge < -0.3 is 15.5 Å². The molecule has 0 aliphatic rings. The van der Waals surface area contributed by atoms with E-state index < -0.39 is 10.5 Å². The number of nitrogens with zero attached hydrogens (tertiary/aromatic N) is 1. The van der Waals surface area contributed by atoms with Crippen molar-refractivity contribution >= 4 is 5.69 Å². The molecule has 6 heteroatoms. The summed E-state index contributed by atoms with van der Waals surface area (Å²) in [5.74, 6) is 0. The average Bonchev–Trinajstić information content (AvgIpc) is 2.29. The Morgan fingerprint density at radius 3 is 2.47 bits per heavy atom. The van der Waals surface area contributed by atoms with E-state index in [4.69, 9.17) is 5.11 Å². The minimum atomic E-state index is -1.15. The molecule has 1 aromatic carbocycles. The van der Waals surface area contributed by atoms with Crippen molar-refractivity contribution in [1.82, 2.24) is 5.32 Å². The van der Waals surface area contributed by atoms with Crippen LogP contribution in [0.3, 0.4) is 0 Å². The minimum Gasteiger partial charge on any atom is -0.393 e. The Morgan fingerprint density at radius 2 is 2.00 bits per heavy atom. The number of non-ortho nitro benzene ring substituents is 1. The van der Waals surface area contributed by atoms with Crippen LogP contribution in [0.5, 0.6) is 0 Å². The van der Waals surface area contributed by atoms with Crippen LogP contribution in [0.1, 0.15) is 12.5 Å². The maximum atomic E-state index is 10.4. The SMILES string of the molecule is CC(O)(CO)CNCc1ccc([N+](=O)[O-])cc1. The number of nitro groups is 1. The van der Waals surface area contributed by atoms with Gasteiger partial charge in [0.25, 0.3) is 5.69 Å². The van der Waals surface area contributed by atoms with Gasteiger partial charge in [-0.3, -0.25) is 10.1 Å². The van der Waals surface area contributed by atoms with Crippen molar-refractivity contribution in [2.75, 3.05) is 13.2 Å². The first-order valence-corrected chi connectivity index (χ1v) is 5.22. The molecule has 0 fully saturated rings. The number of benzene rings is 1. The molecule has 0 aliphatic heterocycles. The van der Waals surface area contributed by atoms with Gasteiger partial charge in [0.2, 0.25) is 0 Å². The van der Waals surface area contributed by atoms with Crippen LogP contribution in [0.2, 0.25) is 0 Å². The summed E-state index contributed by atoms with van der Waals surface area (Å²) < 4.78 is 0. The van der Waals surface area contributed by atoms with Crippen molar-refractivity contribution in [3.63, 3.8) is 0 Å². The molecular formula is C11H16N2O4. The van der Waals surface area contributed by atoms with E-state index in [0.717, 1.165) is 5.56 Å². The molecule has 0 bridgehead atoms. The highest BCUT2D eigenvalue weighted by molar-refractivity contribution is 5.32. The van der Waals surface area contributed by atoms with Gasteiger partial charge in [-0.15, -0.1) is 0 Å². The third-order valence-electron chi connectivity index (χ3n) is 2.32. The van der Waals surface area contributed by atoms with Gasteiger partial charge >= 0.3 is 0 Å². The first-order valence-electron chi connectivity index (χ1n) is 5.22. The Morgan fingerprint density at radius 1 is 1.41 bits per heavy atom. The lowest BCUT2D eigenvalue weighted by molar-refractivity contribution is -0.384. The molecule has 1 atom stereocenters. The van der Waals surface area contributed by atoms with Gasteiger partial charge in [-0.25, -0.2) is 0 Å². The average molecular weight is 240 g/mol. The fourth-order valence-electron chi connectivity index (χ4n) is 1.27. The number of hydrogen-bond donors (Lipinski definition) is 3. The molecule has 1 rings (SSSR count). The summed E-state index contributed by atoms with van der Waals surface area (Å²) in [6.45, 7) is 1.94. The summed E-state index contributed by atoms with van der Waals surface area (Å²) in [5.41, 5.74) is -0.221. The third kappa shape index (κ3) is 4.48. The molecule has 1 unspecified atom stereocenters. The van der Waals surface area contributed by atoms with Gasteiger partial charge in [0.05, 0.1) is 17.1 Å². The van der Waals surface area contributed by atoms with Crippen LogP contribution in [-0.4, -0.2) is 33.9 Å². The van der Waals surface area contributed by atoms with Gasteiger partial charge in [0, 0.05) is 25.2 Å². The fraction of sp³-hybridized carbons (Fsp3) is 0.455. The first-order chi connectivity index (χ1) is 7.94. The zero-order valence-electron chi connectivity index (χ0n) is 9.59. The van der Waals surface area contributed by atoms with Crippen molar-refractivity contribution in [2.45, 2.75) is 19.1 Å². The molecule has 17 heavy (non-hydrogen) atoms. The predicted molar refractivity (Wildman–Crippen MR) is 62.5 cm³/mol. The van der Waals surface area contributed by atoms with Gasteiger partial charge in [0.15, 0.2) is 0 Å². The monoisotopic (exact) mass is 240 g/mol. The lowest BCUT2D eigenvalue weighted by Crippen LogP contribution is -2.40. The van der Waals surface area contributed by atoms with Crippen LogP contribution in [0.15, 0.2) is 24.3 Å². The number of hydrogen-bond acceptors (Lipinski definition) is 5. The van der Waals surface area contributed by atoms with E-state index in [0.29, 0.717) is 6.54 Å². The molecule has 6 nitrogen and oxygen atoms in total. The smallest absolute Gasteiger partial charge is 0.269 e. The zero-order valence-corrected chi connectivity index (χ0v) is 9.59. The maximum absolute atomic E-state index is 10.4. The number of aliphatic hydroxyl groups excluding tert-OH is 1. The molecule has 0 aromatic heterocycles. The first kappa shape index (κ1) is 13.6. The highest BCUT2D eigenvalue weighted by Gasteiger charge is 2.17. The van der Waals surface area contributed by atoms with E-state index in [2.05, 4.69) is 5.32 Å². The van der Waals surface area contributed by atoms with E-state index in [-0.39, 0.29) is 18.8 Å². The van der Waals surface area contributed by atoms with Crippen molar-refractivity contribution in [2.24, 2.45) is 0 Å². The molecule has 0 saturated carbocycles. The minimum absolute atomic E-state index is 0.0519. The Hall–Kier alpha value is -1.50. The molecule has 0 amide bonds. The number of nitro benzene ring substituents is 1. The highest BCUT2D eigenvalue weighted by Crippen LogP contribution is 2.11. The second-order valence-corrected chi connectivity index (χ2v) is 4.18. The van der Waals surface area contributed by atoms with Crippen molar-refractivity contribution < 1.29 is 15.1 Å². The number of rotatable bonds is 6. The summed E-state index contributed by atoms with van der Waals surface area (Å²) in [5, 5.41) is 31.7. The molecule has 0 heterocycles. The van der Waals surface area contributed by atoms with E-state index in [1.807, 2.05) is 0 Å². The van der Waals surface area contributed by atoms with E-state index in [1.54, 1.807) is 12.1 Å². The van der Waals surface area contributed by atoms with Crippen molar-refractivity contribution in [3.05, 3.63) is 39.9 Å². The molecule has 0 aliphatic carbocycles. The second kappa shape index (κ2) is 5.72. The Labute approximate surface area is 99.0 Å². The molecule has 0 saturated heterocycles. The van der Waals surface area contributed by atoms with Gasteiger partial charge in [0.1, 0.15) is 0 Å². The summed E-state index contributed by atoms with van der Waals surface area (Å²) >= 11 is 0. The number of aliphatic hydroxyl groups is 2. The fourth-order valence-corrected chi connectivity index (χ4v) is 1.27. The zero-order chi connectivity index (χ0) is 12.9. The molecule has 3 N–H and O–H groups in total. The molecular weight excluding hydrogens is 224 g/mol. The van der Waals surface area contributed by atoms with Crippen LogP contribution in [-0.2, 0) is 6.54 Å². The summed E-state index contributed by atoms with van der Waals surface area (Å²) in [4.78, 5) is 9.98. The summed E-state index contributed by atoms with van der Waals surface area (Å²) in [6.07, 6.45) is 0. The molecule has 94 valence electrons. The highest BCUT2D eigenvalue weighted by atomic mass is 16.6. The Bertz CT molecular complexity index is 376. The van der Waals surface area contributed by atoms with Gasteiger partial charge in [-0.2, -0.15) is 0 Å². The lowest BCUT2D eigenvalue weighted by Gasteiger charge is -2.20. The second-order valence-electron chi connectivity index (χ2n) is 4.18. The van der Waals surface area contributed by atoms with Crippen molar-refractivity contribution in [3.8, 4) is 0 Å². The van der Waals surface area contributed by atoms with Crippen LogP contribution in [0.25, 0.3) is 0 Å². The van der Waals surface area contributed by atoms with E-state index >= 15 is 0 Å². The quantitative estimate of drug-likeness (QED) is 0.495. The molecule has 0 spiro atoms. The van der Waals surface area contributed by atoms with E-state index in [9.17, 15) is 15.2 Å². The molecule has 0 radical (unpaired) electrons. The topological polar surface area (TPSA) is 95.6 Å². The van der Waals surface area contributed by atoms with Gasteiger partial charge in [-0.05, 0) is 12.5 Å². The van der Waals surface area contributed by atoms with Crippen LogP contribution < -0.4 is 5.32 Å². The van der Waals surface area contributed by atoms with Crippen LogP contribution >= 0.6 is 0 Å². The van der Waals surface area contributed by atoms with E-state index in [1.165, 1.54) is 19.1 Å². The predicted octanol–water partition coefficient (Wildman–Crippen LogP) is 0.428. The summed E-state index contributed by atoms with van der Waals surface area (Å²) in [6, 6.07) is 6.17. The Kier molecular flexibility index (Phi) is 4.56. The normalized spacial score (nSPS) is 14.3. The standard InChI is InChI=1S/C11H16N2O4/c1-11(15,8-14)7-12-6-9-2-4-10(5-3-9)13(16)17/h2-5,12,14-15H,6-8H2,1H3. The number of nitrogens with one attached hydrogen (secondary N) is 1. The largest absolute Gasteiger partial charge is 0.393 e. The van der Waals surface area contributed by atoms with Gasteiger partial charge in [-0.1, -0.05) is 12.1 Å². The van der Waals surface area contributed by atoms with Crippen LogP contribution in [0.4, 0.5) is 5.69 Å². The third-order valence-corrected chi connectivity index (χ3v) is 2.32. The Balaban J connectivity index is 2.45. The molecule has 1 aromatic rings. The van der Waals surface area contributed by atoms with Crippen LogP contribution in [0, 0.1) is 10.1 Å². The maximum Gasteiger partial charge on any atom is 0.269 e. The van der Waals surface area contributed by atoms with Crippen molar-refractivity contribution in [1.29, 1.82) is 0 Å². The lowest BCUT2D eigenvalue weighted by atomic mass is 10.1.